The molecule has 0 aliphatic heterocycles. The molecule has 0 aromatic rings. The van der Waals surface area contributed by atoms with E-state index in [1.165, 1.54) is 161 Å². The van der Waals surface area contributed by atoms with Crippen molar-refractivity contribution in [3.05, 3.63) is 12.3 Å². The minimum atomic E-state index is -0.0599. The summed E-state index contributed by atoms with van der Waals surface area (Å²) in [6, 6.07) is 0. The molecular formula is C34H66O2. The van der Waals surface area contributed by atoms with E-state index < -0.39 is 0 Å². The smallest absolute Gasteiger partial charge is 0.310 e. The van der Waals surface area contributed by atoms with Gasteiger partial charge in [0.15, 0.2) is 0 Å². The van der Waals surface area contributed by atoms with Crippen molar-refractivity contribution in [2.45, 2.75) is 200 Å². The average molecular weight is 507 g/mol. The molecule has 36 heavy (non-hydrogen) atoms. The molecule has 2 nitrogen and oxygen atoms in total. The first-order chi connectivity index (χ1) is 17.8. The van der Waals surface area contributed by atoms with Crippen molar-refractivity contribution in [3.63, 3.8) is 0 Å². The molecule has 0 atom stereocenters. The van der Waals surface area contributed by atoms with Crippen LogP contribution in [0.3, 0.4) is 0 Å². The van der Waals surface area contributed by atoms with Crippen LogP contribution < -0.4 is 0 Å². The lowest BCUT2D eigenvalue weighted by atomic mass is 10.0. The maximum atomic E-state index is 11.8. The number of unbranched alkanes of at least 4 members (excludes halogenated alkanes) is 26. The van der Waals surface area contributed by atoms with Gasteiger partial charge in [-0.15, -0.1) is 0 Å². The van der Waals surface area contributed by atoms with Crippen LogP contribution in [0.1, 0.15) is 200 Å². The van der Waals surface area contributed by atoms with Gasteiger partial charge < -0.3 is 4.74 Å². The van der Waals surface area contributed by atoms with Crippen LogP contribution in [0.25, 0.3) is 0 Å². The van der Waals surface area contributed by atoms with E-state index in [2.05, 4.69) is 13.8 Å². The second-order valence-corrected chi connectivity index (χ2v) is 11.2. The standard InChI is InChI=1S/C34H66O2/c1-3-5-7-9-11-13-15-17-18-19-21-23-25-27-29-31-33-36-34(35)32-30-28-26-24-22-20-16-14-12-10-8-6-4-2/h31,33H,3-30,32H2,1-2H3/b33-31+. The summed E-state index contributed by atoms with van der Waals surface area (Å²) in [6.07, 6.45) is 42.1. The van der Waals surface area contributed by atoms with E-state index in [4.69, 9.17) is 4.74 Å². The number of ether oxygens (including phenoxy) is 1. The summed E-state index contributed by atoms with van der Waals surface area (Å²) in [5.74, 6) is -0.0599. The number of allylic oxidation sites excluding steroid dienone is 1. The number of hydrogen-bond donors (Lipinski definition) is 0. The second-order valence-electron chi connectivity index (χ2n) is 11.2. The van der Waals surface area contributed by atoms with Crippen LogP contribution >= 0.6 is 0 Å². The quantitative estimate of drug-likeness (QED) is 0.0550. The van der Waals surface area contributed by atoms with Crippen LogP contribution in [0.15, 0.2) is 12.3 Å². The normalized spacial score (nSPS) is 11.5. The predicted molar refractivity (Wildman–Crippen MR) is 160 cm³/mol. The van der Waals surface area contributed by atoms with Gasteiger partial charge >= 0.3 is 5.97 Å². The van der Waals surface area contributed by atoms with E-state index in [-0.39, 0.29) is 5.97 Å². The van der Waals surface area contributed by atoms with Crippen molar-refractivity contribution >= 4 is 5.97 Å². The Kier molecular flexibility index (Phi) is 31.5. The molecule has 0 aromatic heterocycles. The fourth-order valence-corrected chi connectivity index (χ4v) is 4.99. The summed E-state index contributed by atoms with van der Waals surface area (Å²) in [7, 11) is 0. The summed E-state index contributed by atoms with van der Waals surface area (Å²) in [4.78, 5) is 11.8. The Labute approximate surface area is 227 Å². The van der Waals surface area contributed by atoms with Gasteiger partial charge in [0.25, 0.3) is 0 Å². The summed E-state index contributed by atoms with van der Waals surface area (Å²) in [5.41, 5.74) is 0. The SMILES string of the molecule is CCCCCCCCCCCCCCCC/C=C/OC(=O)CCCCCCCCCCCCCCC. The molecule has 0 saturated heterocycles. The van der Waals surface area contributed by atoms with Gasteiger partial charge in [0.1, 0.15) is 0 Å². The second kappa shape index (κ2) is 32.2. The predicted octanol–water partition coefficient (Wildman–Crippen LogP) is 12.4. The largest absolute Gasteiger partial charge is 0.435 e. The molecule has 0 N–H and O–H groups in total. The Morgan fingerprint density at radius 1 is 0.444 bits per heavy atom. The number of esters is 1. The van der Waals surface area contributed by atoms with E-state index >= 15 is 0 Å². The Hall–Kier alpha value is -0.790. The van der Waals surface area contributed by atoms with Gasteiger partial charge in [-0.1, -0.05) is 174 Å². The number of rotatable bonds is 30. The van der Waals surface area contributed by atoms with Gasteiger partial charge in [-0.25, -0.2) is 0 Å². The first-order valence-electron chi connectivity index (χ1n) is 16.7. The van der Waals surface area contributed by atoms with Crippen LogP contribution in [0.5, 0.6) is 0 Å². The van der Waals surface area contributed by atoms with Gasteiger partial charge in [0, 0.05) is 6.42 Å². The molecule has 0 aromatic carbocycles. The fraction of sp³-hybridized carbons (Fsp3) is 0.912. The van der Waals surface area contributed by atoms with Crippen LogP contribution in [0.2, 0.25) is 0 Å². The van der Waals surface area contributed by atoms with Crippen LogP contribution in [0, 0.1) is 0 Å². The lowest BCUT2D eigenvalue weighted by Gasteiger charge is -2.03. The Morgan fingerprint density at radius 3 is 1.11 bits per heavy atom. The molecule has 0 aliphatic rings. The number of carbonyl (C=O) groups excluding carboxylic acids is 1. The zero-order valence-corrected chi connectivity index (χ0v) is 25.0. The Bertz CT molecular complexity index is 442. The van der Waals surface area contributed by atoms with Crippen molar-refractivity contribution in [2.24, 2.45) is 0 Å². The molecule has 0 fully saturated rings. The molecule has 0 unspecified atom stereocenters. The highest BCUT2D eigenvalue weighted by Gasteiger charge is 2.01. The van der Waals surface area contributed by atoms with E-state index in [0.717, 1.165) is 19.3 Å². The third-order valence-corrected chi connectivity index (χ3v) is 7.50. The van der Waals surface area contributed by atoms with Gasteiger partial charge in [0.05, 0.1) is 6.26 Å². The third kappa shape index (κ3) is 31.2. The lowest BCUT2D eigenvalue weighted by Crippen LogP contribution is -1.98. The van der Waals surface area contributed by atoms with Gasteiger partial charge in [-0.3, -0.25) is 4.79 Å². The molecule has 0 rings (SSSR count). The molecule has 0 aliphatic carbocycles. The molecule has 2 heteroatoms. The zero-order chi connectivity index (χ0) is 26.2. The number of hydrogen-bond acceptors (Lipinski definition) is 2. The minimum Gasteiger partial charge on any atom is -0.435 e. The molecule has 0 amide bonds. The molecule has 214 valence electrons. The Morgan fingerprint density at radius 2 is 0.750 bits per heavy atom. The van der Waals surface area contributed by atoms with Crippen molar-refractivity contribution < 1.29 is 9.53 Å². The molecule has 0 heterocycles. The summed E-state index contributed by atoms with van der Waals surface area (Å²) in [5, 5.41) is 0. The molecule has 0 spiro atoms. The maximum absolute atomic E-state index is 11.8. The van der Waals surface area contributed by atoms with Crippen molar-refractivity contribution in [1.82, 2.24) is 0 Å². The zero-order valence-electron chi connectivity index (χ0n) is 25.0. The first kappa shape index (κ1) is 35.2. The molecular weight excluding hydrogens is 440 g/mol. The highest BCUT2D eigenvalue weighted by molar-refractivity contribution is 5.69. The van der Waals surface area contributed by atoms with Crippen molar-refractivity contribution in [1.29, 1.82) is 0 Å². The topological polar surface area (TPSA) is 26.3 Å². The molecule has 0 saturated carbocycles. The highest BCUT2D eigenvalue weighted by Crippen LogP contribution is 2.14. The van der Waals surface area contributed by atoms with Crippen LogP contribution in [0.4, 0.5) is 0 Å². The summed E-state index contributed by atoms with van der Waals surface area (Å²) in [6.45, 7) is 4.57. The van der Waals surface area contributed by atoms with E-state index in [1.54, 1.807) is 6.26 Å². The van der Waals surface area contributed by atoms with E-state index in [1.807, 2.05) is 6.08 Å². The molecule has 0 bridgehead atoms. The highest BCUT2D eigenvalue weighted by atomic mass is 16.5. The van der Waals surface area contributed by atoms with Crippen molar-refractivity contribution in [3.8, 4) is 0 Å². The van der Waals surface area contributed by atoms with Gasteiger partial charge in [0.2, 0.25) is 0 Å². The van der Waals surface area contributed by atoms with E-state index in [0.29, 0.717) is 6.42 Å². The Balaban J connectivity index is 3.21. The van der Waals surface area contributed by atoms with Gasteiger partial charge in [-0.2, -0.15) is 0 Å². The lowest BCUT2D eigenvalue weighted by molar-refractivity contribution is -0.138. The van der Waals surface area contributed by atoms with Crippen LogP contribution in [-0.4, -0.2) is 5.97 Å². The summed E-state index contributed by atoms with van der Waals surface area (Å²) < 4.78 is 5.25. The monoisotopic (exact) mass is 507 g/mol. The fourth-order valence-electron chi connectivity index (χ4n) is 4.99. The third-order valence-electron chi connectivity index (χ3n) is 7.50. The number of carbonyl (C=O) groups is 1. The van der Waals surface area contributed by atoms with Crippen molar-refractivity contribution in [2.75, 3.05) is 0 Å². The minimum absolute atomic E-state index is 0.0599. The van der Waals surface area contributed by atoms with E-state index in [9.17, 15) is 4.79 Å². The summed E-state index contributed by atoms with van der Waals surface area (Å²) >= 11 is 0. The molecule has 0 radical (unpaired) electrons. The van der Waals surface area contributed by atoms with Crippen LogP contribution in [-0.2, 0) is 9.53 Å². The van der Waals surface area contributed by atoms with Gasteiger partial charge in [-0.05, 0) is 25.3 Å². The first-order valence-corrected chi connectivity index (χ1v) is 16.7. The maximum Gasteiger partial charge on any atom is 0.310 e. The average Bonchev–Trinajstić information content (AvgIpc) is 2.88.